The summed E-state index contributed by atoms with van der Waals surface area (Å²) in [7, 11) is 3.16. The molecule has 1 atom stereocenters. The molecule has 2 aliphatic rings. The molecule has 1 saturated heterocycles. The number of hydrogen-bond acceptors (Lipinski definition) is 9. The molecular weight excluding hydrogens is 496 g/mol. The van der Waals surface area contributed by atoms with Crippen LogP contribution in [0, 0.1) is 0 Å². The minimum absolute atomic E-state index is 0.130. The molecule has 1 fully saturated rings. The van der Waals surface area contributed by atoms with Gasteiger partial charge in [-0.05, 0) is 55.7 Å². The van der Waals surface area contributed by atoms with Gasteiger partial charge in [0.2, 0.25) is 0 Å². The minimum Gasteiger partial charge on any atom is -0.493 e. The van der Waals surface area contributed by atoms with Crippen LogP contribution in [-0.2, 0) is 11.3 Å². The summed E-state index contributed by atoms with van der Waals surface area (Å²) in [6.45, 7) is 3.50. The molecule has 10 nitrogen and oxygen atoms in total. The highest BCUT2D eigenvalue weighted by atomic mass is 32.2. The van der Waals surface area contributed by atoms with Crippen LogP contribution in [0.15, 0.2) is 47.6 Å². The van der Waals surface area contributed by atoms with Gasteiger partial charge < -0.3 is 19.3 Å². The van der Waals surface area contributed by atoms with Crippen LogP contribution in [0.3, 0.4) is 0 Å². The number of benzene rings is 2. The van der Waals surface area contributed by atoms with Crippen LogP contribution in [0.1, 0.15) is 30.9 Å². The number of anilines is 1. The first-order valence-corrected chi connectivity index (χ1v) is 13.1. The second-order valence-corrected chi connectivity index (χ2v) is 9.75. The van der Waals surface area contributed by atoms with Gasteiger partial charge in [0.15, 0.2) is 17.7 Å². The maximum absolute atomic E-state index is 12.5. The van der Waals surface area contributed by atoms with E-state index in [-0.39, 0.29) is 17.6 Å². The maximum Gasteiger partial charge on any atom is 0.413 e. The van der Waals surface area contributed by atoms with E-state index in [0.717, 1.165) is 16.8 Å². The van der Waals surface area contributed by atoms with E-state index in [1.165, 1.54) is 16.8 Å². The van der Waals surface area contributed by atoms with Gasteiger partial charge in [-0.25, -0.2) is 9.80 Å². The van der Waals surface area contributed by atoms with Gasteiger partial charge in [0.05, 0.1) is 32.6 Å². The van der Waals surface area contributed by atoms with Crippen molar-refractivity contribution in [1.29, 1.82) is 0 Å². The number of ether oxygens (including phenoxy) is 3. The molecule has 0 spiro atoms. The molecule has 198 valence electrons. The van der Waals surface area contributed by atoms with E-state index < -0.39 is 6.09 Å². The van der Waals surface area contributed by atoms with Gasteiger partial charge in [0.25, 0.3) is 0 Å². The molecule has 0 aromatic heterocycles. The summed E-state index contributed by atoms with van der Waals surface area (Å²) in [4.78, 5) is 26.9. The zero-order valence-electron chi connectivity index (χ0n) is 21.2. The monoisotopic (exact) mass is 528 g/mol. The van der Waals surface area contributed by atoms with Crippen LogP contribution in [0.25, 0.3) is 0 Å². The summed E-state index contributed by atoms with van der Waals surface area (Å²) in [5.41, 5.74) is 3.08. The number of methoxy groups -OCH3 is 2. The van der Waals surface area contributed by atoms with Crippen LogP contribution in [0.5, 0.6) is 11.5 Å². The largest absolute Gasteiger partial charge is 0.493 e. The first-order chi connectivity index (χ1) is 17.9. The first-order valence-electron chi connectivity index (χ1n) is 12.1. The van der Waals surface area contributed by atoms with Crippen molar-refractivity contribution in [2.24, 2.45) is 5.10 Å². The number of aliphatic hydroxyl groups excluding tert-OH is 1. The number of rotatable bonds is 8. The summed E-state index contributed by atoms with van der Waals surface area (Å²) in [6, 6.07) is 12.8. The maximum atomic E-state index is 12.5. The highest BCUT2D eigenvalue weighted by Gasteiger charge is 2.25. The second kappa shape index (κ2) is 12.3. The number of amides is 2. The number of likely N-dealkylation sites (tertiary alicyclic amines) is 1. The highest BCUT2D eigenvalue weighted by molar-refractivity contribution is 8.14. The molecule has 2 aromatic carbocycles. The summed E-state index contributed by atoms with van der Waals surface area (Å²) >= 11 is 1.19. The van der Waals surface area contributed by atoms with Crippen molar-refractivity contribution in [2.45, 2.75) is 38.6 Å². The Morgan fingerprint density at radius 2 is 1.84 bits per heavy atom. The van der Waals surface area contributed by atoms with E-state index in [1.807, 2.05) is 42.2 Å². The number of carbonyl (C=O) groups excluding carboxylic acids is 2. The fourth-order valence-corrected chi connectivity index (χ4v) is 4.91. The molecular formula is C26H32N4O6S. The third-order valence-corrected chi connectivity index (χ3v) is 7.20. The van der Waals surface area contributed by atoms with Crippen molar-refractivity contribution in [2.75, 3.05) is 38.4 Å². The quantitative estimate of drug-likeness (QED) is 0.526. The standard InChI is InChI=1S/C26H32N4O6S/c1-17(29-12-10-21(31)11-13-29)36-25(32)27-20-7-4-18(5-8-20)15-30-26(33)37-16-22(28-30)19-6-9-23(34-2)24(14-19)35-3/h4-9,14,17,21,31H,10-13,15-16H2,1-3H3,(H,27,32). The lowest BCUT2D eigenvalue weighted by Crippen LogP contribution is -2.43. The number of piperidine rings is 1. The van der Waals surface area contributed by atoms with E-state index in [9.17, 15) is 14.7 Å². The lowest BCUT2D eigenvalue weighted by Gasteiger charge is -2.33. The molecule has 2 amide bonds. The van der Waals surface area contributed by atoms with Gasteiger partial charge in [-0.3, -0.25) is 15.0 Å². The zero-order chi connectivity index (χ0) is 26.4. The van der Waals surface area contributed by atoms with Crippen molar-refractivity contribution < 1.29 is 28.9 Å². The third kappa shape index (κ3) is 6.94. The first kappa shape index (κ1) is 26.8. The predicted octanol–water partition coefficient (Wildman–Crippen LogP) is 4.13. The SMILES string of the molecule is COc1ccc(C2=NN(Cc3ccc(NC(=O)OC(C)N4CCC(O)CC4)cc3)C(=O)SC2)cc1OC. The van der Waals surface area contributed by atoms with E-state index >= 15 is 0 Å². The number of thioether (sulfide) groups is 1. The van der Waals surface area contributed by atoms with Gasteiger partial charge in [-0.2, -0.15) is 5.10 Å². The normalized spacial score (nSPS) is 17.7. The molecule has 2 aromatic rings. The van der Waals surface area contributed by atoms with Gasteiger partial charge in [0.1, 0.15) is 0 Å². The molecule has 2 aliphatic heterocycles. The number of hydrogen-bond donors (Lipinski definition) is 2. The number of nitrogens with one attached hydrogen (secondary N) is 1. The van der Waals surface area contributed by atoms with Crippen LogP contribution >= 0.6 is 11.8 Å². The molecule has 1 unspecified atom stereocenters. The second-order valence-electron chi connectivity index (χ2n) is 8.82. The average molecular weight is 529 g/mol. The molecule has 2 heterocycles. The Kier molecular flexibility index (Phi) is 8.91. The molecule has 0 aliphatic carbocycles. The Morgan fingerprint density at radius 1 is 1.14 bits per heavy atom. The third-order valence-electron chi connectivity index (χ3n) is 6.32. The molecule has 2 N–H and O–H groups in total. The molecule has 37 heavy (non-hydrogen) atoms. The van der Waals surface area contributed by atoms with Crippen molar-refractivity contribution >= 4 is 34.5 Å². The molecule has 4 rings (SSSR count). The van der Waals surface area contributed by atoms with Crippen LogP contribution in [0.4, 0.5) is 15.3 Å². The van der Waals surface area contributed by atoms with Gasteiger partial charge in [0, 0.05) is 30.1 Å². The van der Waals surface area contributed by atoms with Crippen LogP contribution < -0.4 is 14.8 Å². The number of hydrazone groups is 1. The van der Waals surface area contributed by atoms with Crippen LogP contribution in [0.2, 0.25) is 0 Å². The Hall–Kier alpha value is -3.28. The fourth-order valence-electron chi connectivity index (χ4n) is 4.17. The lowest BCUT2D eigenvalue weighted by atomic mass is 10.1. The number of nitrogens with zero attached hydrogens (tertiary/aromatic N) is 3. The Labute approximate surface area is 220 Å². The number of carbonyl (C=O) groups is 2. The smallest absolute Gasteiger partial charge is 0.413 e. The number of aliphatic hydroxyl groups is 1. The Bertz CT molecular complexity index is 1130. The summed E-state index contributed by atoms with van der Waals surface area (Å²) in [5, 5.41) is 18.3. The molecule has 0 radical (unpaired) electrons. The Balaban J connectivity index is 1.35. The van der Waals surface area contributed by atoms with Gasteiger partial charge >= 0.3 is 11.3 Å². The van der Waals surface area contributed by atoms with E-state index in [1.54, 1.807) is 26.4 Å². The predicted molar refractivity (Wildman–Crippen MR) is 142 cm³/mol. The Morgan fingerprint density at radius 3 is 2.51 bits per heavy atom. The molecule has 11 heteroatoms. The van der Waals surface area contributed by atoms with Crippen LogP contribution in [-0.4, -0.2) is 77.5 Å². The summed E-state index contributed by atoms with van der Waals surface area (Å²) < 4.78 is 16.2. The van der Waals surface area contributed by atoms with E-state index in [2.05, 4.69) is 10.4 Å². The summed E-state index contributed by atoms with van der Waals surface area (Å²) in [5.74, 6) is 1.69. The topological polar surface area (TPSA) is 113 Å². The zero-order valence-corrected chi connectivity index (χ0v) is 22.0. The fraction of sp³-hybridized carbons (Fsp3) is 0.423. The van der Waals surface area contributed by atoms with Crippen molar-refractivity contribution in [3.63, 3.8) is 0 Å². The lowest BCUT2D eigenvalue weighted by molar-refractivity contribution is -0.0274. The summed E-state index contributed by atoms with van der Waals surface area (Å²) in [6.07, 6.45) is 0.145. The molecule has 0 saturated carbocycles. The van der Waals surface area contributed by atoms with E-state index in [4.69, 9.17) is 14.2 Å². The van der Waals surface area contributed by atoms with Crippen molar-refractivity contribution in [3.05, 3.63) is 53.6 Å². The van der Waals surface area contributed by atoms with Gasteiger partial charge in [-0.1, -0.05) is 23.9 Å². The average Bonchev–Trinajstić information content (AvgIpc) is 2.91. The highest BCUT2D eigenvalue weighted by Crippen LogP contribution is 2.30. The van der Waals surface area contributed by atoms with Gasteiger partial charge in [-0.15, -0.1) is 0 Å². The van der Waals surface area contributed by atoms with Crippen molar-refractivity contribution in [3.8, 4) is 11.5 Å². The van der Waals surface area contributed by atoms with Crippen molar-refractivity contribution in [1.82, 2.24) is 9.91 Å². The van der Waals surface area contributed by atoms with E-state index in [0.29, 0.717) is 55.4 Å². The molecule has 0 bridgehead atoms. The minimum atomic E-state index is -0.543.